The molecule has 0 aliphatic heterocycles. The van der Waals surface area contributed by atoms with Crippen LogP contribution in [0, 0.1) is 0 Å². The highest BCUT2D eigenvalue weighted by Gasteiger charge is 2.11. The fourth-order valence-electron chi connectivity index (χ4n) is 0.899. The molecule has 1 aromatic heterocycles. The minimum atomic E-state index is -3.72. The van der Waals surface area contributed by atoms with E-state index in [2.05, 4.69) is 16.1 Å². The van der Waals surface area contributed by atoms with E-state index in [1.54, 1.807) is 23.9 Å². The average molecular weight is 282 g/mol. The Morgan fingerprint density at radius 3 is 2.94 bits per heavy atom. The van der Waals surface area contributed by atoms with E-state index in [4.69, 9.17) is 11.6 Å². The lowest BCUT2D eigenvalue weighted by Gasteiger charge is -2.04. The molecule has 4 nitrogen and oxygen atoms in total. The second-order valence-corrected chi connectivity index (χ2v) is 6.25. The van der Waals surface area contributed by atoms with E-state index >= 15 is 0 Å². The van der Waals surface area contributed by atoms with Crippen LogP contribution in [0.1, 0.15) is 13.3 Å². The molecule has 0 aliphatic rings. The molecule has 0 amide bonds. The van der Waals surface area contributed by atoms with Crippen LogP contribution in [0.5, 0.6) is 5.88 Å². The van der Waals surface area contributed by atoms with Crippen LogP contribution in [0.25, 0.3) is 0 Å². The summed E-state index contributed by atoms with van der Waals surface area (Å²) >= 11 is 6.84. The number of alkyl halides is 1. The zero-order valence-corrected chi connectivity index (χ0v) is 11.1. The predicted octanol–water partition coefficient (Wildman–Crippen LogP) is 2.49. The number of halogens is 1. The van der Waals surface area contributed by atoms with Gasteiger partial charge in [-0.25, -0.2) is 4.98 Å². The van der Waals surface area contributed by atoms with E-state index < -0.39 is 15.3 Å². The smallest absolute Gasteiger partial charge is 0.324 e. The van der Waals surface area contributed by atoms with Crippen LogP contribution in [-0.4, -0.2) is 24.4 Å². The maximum atomic E-state index is 11.1. The van der Waals surface area contributed by atoms with Gasteiger partial charge in [0.15, 0.2) is 5.21 Å². The van der Waals surface area contributed by atoms with Gasteiger partial charge in [0, 0.05) is 17.2 Å². The molecule has 0 bridgehead atoms. The van der Waals surface area contributed by atoms with Crippen molar-refractivity contribution >= 4 is 33.5 Å². The second-order valence-electron chi connectivity index (χ2n) is 2.93. The first-order valence-electron chi connectivity index (χ1n) is 4.64. The highest BCUT2D eigenvalue weighted by Crippen LogP contribution is 2.22. The topological polar surface area (TPSA) is 56.3 Å². The molecule has 0 aliphatic carbocycles. The van der Waals surface area contributed by atoms with E-state index in [0.717, 1.165) is 17.1 Å². The fraction of sp³-hybridized carbons (Fsp3) is 0.444. The molecule has 16 heavy (non-hydrogen) atoms. The van der Waals surface area contributed by atoms with Crippen molar-refractivity contribution in [3.05, 3.63) is 18.3 Å². The van der Waals surface area contributed by atoms with Gasteiger partial charge in [0.05, 0.1) is 0 Å². The lowest BCUT2D eigenvalue weighted by molar-refractivity contribution is 0.480. The molecule has 0 spiro atoms. The summed E-state index contributed by atoms with van der Waals surface area (Å²) in [6, 6.07) is 3.39. The molecule has 0 radical (unpaired) electrons. The average Bonchev–Trinajstić information content (AvgIpc) is 2.26. The van der Waals surface area contributed by atoms with Crippen molar-refractivity contribution in [1.29, 1.82) is 0 Å². The standard InChI is InChI=1S/C9H12ClNO3S2/c1-2-5-15-8-3-4-11-9(6-8)14-16(12,13)7-10/h3-4,6H,2,5,7H2,1H3. The Morgan fingerprint density at radius 2 is 2.31 bits per heavy atom. The quantitative estimate of drug-likeness (QED) is 0.455. The number of aromatic nitrogens is 1. The molecule has 1 heterocycles. The lowest BCUT2D eigenvalue weighted by atomic mass is 10.5. The summed E-state index contributed by atoms with van der Waals surface area (Å²) in [5, 5.41) is -0.582. The number of thioether (sulfide) groups is 1. The molecule has 0 saturated heterocycles. The summed E-state index contributed by atoms with van der Waals surface area (Å²) in [7, 11) is -3.72. The van der Waals surface area contributed by atoms with Gasteiger partial charge in [-0.15, -0.1) is 23.4 Å². The summed E-state index contributed by atoms with van der Waals surface area (Å²) in [5.74, 6) is 1.02. The fourth-order valence-corrected chi connectivity index (χ4v) is 2.21. The Balaban J connectivity index is 2.75. The minimum absolute atomic E-state index is 0.0572. The molecule has 0 fully saturated rings. The van der Waals surface area contributed by atoms with Crippen LogP contribution in [0.2, 0.25) is 0 Å². The van der Waals surface area contributed by atoms with Crippen LogP contribution >= 0.6 is 23.4 Å². The predicted molar refractivity (Wildman–Crippen MR) is 65.5 cm³/mol. The van der Waals surface area contributed by atoms with Crippen molar-refractivity contribution in [2.75, 3.05) is 11.0 Å². The molecular formula is C9H12ClNO3S2. The number of nitrogens with zero attached hydrogens (tertiary/aromatic N) is 1. The lowest BCUT2D eigenvalue weighted by Crippen LogP contribution is -2.10. The van der Waals surface area contributed by atoms with Gasteiger partial charge in [0.1, 0.15) is 0 Å². The molecule has 0 aromatic carbocycles. The Kier molecular flexibility index (Phi) is 5.37. The molecule has 0 unspecified atom stereocenters. The molecule has 1 rings (SSSR count). The van der Waals surface area contributed by atoms with Crippen molar-refractivity contribution < 1.29 is 12.6 Å². The molecule has 0 N–H and O–H groups in total. The Morgan fingerprint density at radius 1 is 1.56 bits per heavy atom. The first-order valence-corrected chi connectivity index (χ1v) is 7.74. The first kappa shape index (κ1) is 13.6. The van der Waals surface area contributed by atoms with Gasteiger partial charge >= 0.3 is 10.1 Å². The molecular weight excluding hydrogens is 270 g/mol. The molecule has 7 heteroatoms. The largest absolute Gasteiger partial charge is 0.361 e. The van der Waals surface area contributed by atoms with E-state index in [0.29, 0.717) is 0 Å². The zero-order chi connectivity index (χ0) is 12.0. The first-order chi connectivity index (χ1) is 7.57. The summed E-state index contributed by atoms with van der Waals surface area (Å²) in [5.41, 5.74) is 0. The third-order valence-electron chi connectivity index (χ3n) is 1.53. The van der Waals surface area contributed by atoms with Gasteiger partial charge in [0.2, 0.25) is 5.88 Å². The van der Waals surface area contributed by atoms with E-state index in [1.807, 2.05) is 0 Å². The monoisotopic (exact) mass is 281 g/mol. The van der Waals surface area contributed by atoms with E-state index in [1.165, 1.54) is 6.20 Å². The third-order valence-corrected chi connectivity index (χ3v) is 4.22. The van der Waals surface area contributed by atoms with Gasteiger partial charge in [0.25, 0.3) is 0 Å². The van der Waals surface area contributed by atoms with Crippen molar-refractivity contribution in [3.8, 4) is 5.88 Å². The molecule has 0 saturated carbocycles. The Labute approximate surface area is 104 Å². The van der Waals surface area contributed by atoms with Gasteiger partial charge in [-0.05, 0) is 18.2 Å². The van der Waals surface area contributed by atoms with Crippen molar-refractivity contribution in [2.24, 2.45) is 0 Å². The van der Waals surface area contributed by atoms with Crippen LogP contribution < -0.4 is 4.18 Å². The van der Waals surface area contributed by atoms with Crippen molar-refractivity contribution in [3.63, 3.8) is 0 Å². The maximum absolute atomic E-state index is 11.1. The van der Waals surface area contributed by atoms with Gasteiger partial charge in [-0.3, -0.25) is 0 Å². The van der Waals surface area contributed by atoms with Crippen molar-refractivity contribution in [1.82, 2.24) is 4.98 Å². The molecule has 90 valence electrons. The Bertz CT molecular complexity index is 436. The second kappa shape index (κ2) is 6.32. The van der Waals surface area contributed by atoms with Gasteiger partial charge < -0.3 is 4.18 Å². The summed E-state index contributed by atoms with van der Waals surface area (Å²) in [6.45, 7) is 2.07. The minimum Gasteiger partial charge on any atom is -0.361 e. The zero-order valence-electron chi connectivity index (χ0n) is 8.72. The van der Waals surface area contributed by atoms with Gasteiger partial charge in [-0.2, -0.15) is 8.42 Å². The Hall–Kier alpha value is -0.460. The maximum Gasteiger partial charge on any atom is 0.324 e. The van der Waals surface area contributed by atoms with E-state index in [-0.39, 0.29) is 5.88 Å². The number of rotatable bonds is 6. The summed E-state index contributed by atoms with van der Waals surface area (Å²) in [4.78, 5) is 4.73. The van der Waals surface area contributed by atoms with Crippen LogP contribution in [-0.2, 0) is 10.1 Å². The summed E-state index contributed by atoms with van der Waals surface area (Å²) < 4.78 is 26.9. The van der Waals surface area contributed by atoms with Crippen LogP contribution in [0.15, 0.2) is 23.2 Å². The molecule has 0 atom stereocenters. The highest BCUT2D eigenvalue weighted by molar-refractivity contribution is 7.99. The third kappa shape index (κ3) is 4.59. The number of hydrogen-bond acceptors (Lipinski definition) is 5. The number of hydrogen-bond donors (Lipinski definition) is 0. The van der Waals surface area contributed by atoms with Crippen molar-refractivity contribution in [2.45, 2.75) is 18.2 Å². The van der Waals surface area contributed by atoms with Gasteiger partial charge in [-0.1, -0.05) is 6.92 Å². The molecule has 1 aromatic rings. The normalized spacial score (nSPS) is 11.4. The van der Waals surface area contributed by atoms with Crippen LogP contribution in [0.4, 0.5) is 0 Å². The summed E-state index contributed by atoms with van der Waals surface area (Å²) in [6.07, 6.45) is 2.56. The highest BCUT2D eigenvalue weighted by atomic mass is 35.5. The SMILES string of the molecule is CCCSc1ccnc(OS(=O)(=O)CCl)c1. The number of pyridine rings is 1. The van der Waals surface area contributed by atoms with E-state index in [9.17, 15) is 8.42 Å². The van der Waals surface area contributed by atoms with Crippen LogP contribution in [0.3, 0.4) is 0 Å².